The molecule has 2 rings (SSSR count). The topological polar surface area (TPSA) is 60.2 Å². The van der Waals surface area contributed by atoms with Crippen molar-refractivity contribution in [3.8, 4) is 0 Å². The average Bonchev–Trinajstić information content (AvgIpc) is 2.48. The molecule has 1 atom stereocenters. The Morgan fingerprint density at radius 2 is 1.86 bits per heavy atom. The lowest BCUT2D eigenvalue weighted by Gasteiger charge is -2.19. The fourth-order valence-electron chi connectivity index (χ4n) is 2.29. The molecule has 0 bridgehead atoms. The summed E-state index contributed by atoms with van der Waals surface area (Å²) in [4.78, 5) is 0.268. The fraction of sp³-hybridized carbons (Fsp3) is 0.176. The first kappa shape index (κ1) is 16.6. The summed E-state index contributed by atoms with van der Waals surface area (Å²) in [5.41, 5.74) is 7.88. The van der Waals surface area contributed by atoms with Gasteiger partial charge in [-0.25, -0.2) is 8.42 Å². The van der Waals surface area contributed by atoms with Gasteiger partial charge in [0.05, 0.1) is 10.1 Å². The molecule has 0 spiro atoms. The molecule has 0 amide bonds. The lowest BCUT2D eigenvalue weighted by molar-refractivity contribution is 0.582. The summed E-state index contributed by atoms with van der Waals surface area (Å²) in [6.07, 6.45) is 1.84. The molecule has 0 aromatic heterocycles. The molecule has 0 aliphatic carbocycles. The number of hydrogen-bond acceptors (Lipinski definition) is 3. The number of nitrogens with two attached hydrogens (primary N) is 1. The summed E-state index contributed by atoms with van der Waals surface area (Å²) in [7, 11) is -3.58. The minimum Gasteiger partial charge on any atom is -0.398 e. The Morgan fingerprint density at radius 3 is 2.45 bits per heavy atom. The van der Waals surface area contributed by atoms with Gasteiger partial charge in [-0.3, -0.25) is 0 Å². The Hall–Kier alpha value is -1.78. The summed E-state index contributed by atoms with van der Waals surface area (Å²) in [6.45, 7) is 5.57. The molecule has 0 fully saturated rings. The molecule has 116 valence electrons. The molecule has 0 radical (unpaired) electrons. The summed E-state index contributed by atoms with van der Waals surface area (Å²) < 4.78 is 25.9. The first-order valence-electron chi connectivity index (χ1n) is 6.82. The number of sulfone groups is 1. The number of rotatable bonds is 5. The van der Waals surface area contributed by atoms with Crippen molar-refractivity contribution >= 4 is 27.1 Å². The monoisotopic (exact) mass is 335 g/mol. The maximum Gasteiger partial charge on any atom is 0.185 e. The number of anilines is 1. The number of halogens is 1. The molecule has 0 aliphatic heterocycles. The zero-order chi connectivity index (χ0) is 16.3. The predicted molar refractivity (Wildman–Crippen MR) is 91.8 cm³/mol. The normalized spacial score (nSPS) is 12.8. The van der Waals surface area contributed by atoms with Crippen molar-refractivity contribution in [1.29, 1.82) is 0 Å². The number of nitrogen functional groups attached to an aromatic ring is 1. The maximum atomic E-state index is 13.0. The third kappa shape index (κ3) is 3.34. The van der Waals surface area contributed by atoms with Gasteiger partial charge in [0, 0.05) is 10.7 Å². The van der Waals surface area contributed by atoms with Crippen LogP contribution in [0.15, 0.2) is 60.0 Å². The van der Waals surface area contributed by atoms with Crippen LogP contribution in [0.4, 0.5) is 5.69 Å². The Bertz CT molecular complexity index is 783. The zero-order valence-electron chi connectivity index (χ0n) is 12.3. The van der Waals surface area contributed by atoms with Crippen molar-refractivity contribution in [2.75, 3.05) is 5.73 Å². The van der Waals surface area contributed by atoms with Crippen LogP contribution in [0.3, 0.4) is 0 Å². The fourth-order valence-corrected chi connectivity index (χ4v) is 4.24. The van der Waals surface area contributed by atoms with E-state index in [-0.39, 0.29) is 11.3 Å². The van der Waals surface area contributed by atoms with Gasteiger partial charge in [-0.2, -0.15) is 0 Å². The smallest absolute Gasteiger partial charge is 0.185 e. The van der Waals surface area contributed by atoms with Crippen molar-refractivity contribution in [2.24, 2.45) is 0 Å². The van der Waals surface area contributed by atoms with Crippen LogP contribution in [0.25, 0.3) is 0 Å². The van der Waals surface area contributed by atoms with Crippen LogP contribution in [-0.4, -0.2) is 8.42 Å². The maximum absolute atomic E-state index is 13.0. The molecule has 3 nitrogen and oxygen atoms in total. The van der Waals surface area contributed by atoms with Crippen LogP contribution in [-0.2, 0) is 9.84 Å². The van der Waals surface area contributed by atoms with E-state index < -0.39 is 15.1 Å². The summed E-state index contributed by atoms with van der Waals surface area (Å²) >= 11 is 6.00. The van der Waals surface area contributed by atoms with E-state index in [9.17, 15) is 8.42 Å². The van der Waals surface area contributed by atoms with Gasteiger partial charge >= 0.3 is 0 Å². The standard InChI is InChI=1S/C17H18ClNO2S/c1-3-4-17(15-11-13(18)7-10-16(15)19)22(20,21)14-8-5-12(2)6-9-14/h3,5-11,17H,1,4,19H2,2H3. The van der Waals surface area contributed by atoms with Crippen LogP contribution in [0.1, 0.15) is 22.8 Å². The summed E-state index contributed by atoms with van der Waals surface area (Å²) in [5, 5.41) is -0.344. The third-order valence-electron chi connectivity index (χ3n) is 3.50. The second-order valence-corrected chi connectivity index (χ2v) is 7.71. The summed E-state index contributed by atoms with van der Waals surface area (Å²) in [5.74, 6) is 0. The molecule has 2 N–H and O–H groups in total. The van der Waals surface area contributed by atoms with Gasteiger partial charge in [0.15, 0.2) is 9.84 Å². The van der Waals surface area contributed by atoms with Crippen LogP contribution >= 0.6 is 11.6 Å². The highest BCUT2D eigenvalue weighted by Crippen LogP contribution is 2.36. The van der Waals surface area contributed by atoms with E-state index in [2.05, 4.69) is 6.58 Å². The number of hydrogen-bond donors (Lipinski definition) is 1. The van der Waals surface area contributed by atoms with Gasteiger partial charge in [0.1, 0.15) is 0 Å². The highest BCUT2D eigenvalue weighted by atomic mass is 35.5. The van der Waals surface area contributed by atoms with Crippen molar-refractivity contribution in [1.82, 2.24) is 0 Å². The van der Waals surface area contributed by atoms with Crippen molar-refractivity contribution in [3.05, 3.63) is 71.3 Å². The second-order valence-electron chi connectivity index (χ2n) is 5.14. The van der Waals surface area contributed by atoms with Crippen LogP contribution < -0.4 is 5.73 Å². The minimum atomic E-state index is -3.58. The van der Waals surface area contributed by atoms with E-state index in [0.29, 0.717) is 16.3 Å². The van der Waals surface area contributed by atoms with Crippen molar-refractivity contribution < 1.29 is 8.42 Å². The van der Waals surface area contributed by atoms with Gasteiger partial charge < -0.3 is 5.73 Å². The number of benzene rings is 2. The summed E-state index contributed by atoms with van der Waals surface area (Å²) in [6, 6.07) is 11.7. The molecule has 0 saturated heterocycles. The first-order chi connectivity index (χ1) is 10.4. The van der Waals surface area contributed by atoms with E-state index in [0.717, 1.165) is 5.56 Å². The number of aryl methyl sites for hydroxylation is 1. The minimum absolute atomic E-state index is 0.265. The molecule has 0 saturated carbocycles. The molecule has 22 heavy (non-hydrogen) atoms. The SMILES string of the molecule is C=CCC(c1cc(Cl)ccc1N)S(=O)(=O)c1ccc(C)cc1. The van der Waals surface area contributed by atoms with E-state index in [1.165, 1.54) is 0 Å². The van der Waals surface area contributed by atoms with Gasteiger partial charge in [-0.1, -0.05) is 35.4 Å². The van der Waals surface area contributed by atoms with E-state index in [1.807, 2.05) is 6.92 Å². The second kappa shape index (κ2) is 6.55. The predicted octanol–water partition coefficient (Wildman–Crippen LogP) is 4.32. The van der Waals surface area contributed by atoms with E-state index in [1.54, 1.807) is 48.5 Å². The van der Waals surface area contributed by atoms with Gasteiger partial charge in [-0.05, 0) is 49.2 Å². The molecular weight excluding hydrogens is 318 g/mol. The van der Waals surface area contributed by atoms with E-state index in [4.69, 9.17) is 17.3 Å². The quantitative estimate of drug-likeness (QED) is 0.653. The molecule has 1 unspecified atom stereocenters. The molecule has 2 aromatic carbocycles. The molecule has 2 aromatic rings. The molecule has 0 aliphatic rings. The highest BCUT2D eigenvalue weighted by Gasteiger charge is 2.29. The van der Waals surface area contributed by atoms with Crippen molar-refractivity contribution in [2.45, 2.75) is 23.5 Å². The molecule has 5 heteroatoms. The molecular formula is C17H18ClNO2S. The third-order valence-corrected chi connectivity index (χ3v) is 5.86. The first-order valence-corrected chi connectivity index (χ1v) is 8.75. The van der Waals surface area contributed by atoms with Crippen molar-refractivity contribution in [3.63, 3.8) is 0 Å². The van der Waals surface area contributed by atoms with Gasteiger partial charge in [-0.15, -0.1) is 6.58 Å². The highest BCUT2D eigenvalue weighted by molar-refractivity contribution is 7.91. The van der Waals surface area contributed by atoms with E-state index >= 15 is 0 Å². The lowest BCUT2D eigenvalue weighted by Crippen LogP contribution is -2.15. The van der Waals surface area contributed by atoms with Gasteiger partial charge in [0.25, 0.3) is 0 Å². The average molecular weight is 336 g/mol. The lowest BCUT2D eigenvalue weighted by atomic mass is 10.1. The molecule has 0 heterocycles. The van der Waals surface area contributed by atoms with Crippen LogP contribution in [0, 0.1) is 6.92 Å². The van der Waals surface area contributed by atoms with Crippen LogP contribution in [0.2, 0.25) is 5.02 Å². The van der Waals surface area contributed by atoms with Gasteiger partial charge in [0.2, 0.25) is 0 Å². The Morgan fingerprint density at radius 1 is 1.23 bits per heavy atom. The Labute approximate surface area is 136 Å². The largest absolute Gasteiger partial charge is 0.398 e. The van der Waals surface area contributed by atoms with Crippen LogP contribution in [0.5, 0.6) is 0 Å². The number of allylic oxidation sites excluding steroid dienone is 1. The Kier molecular flexibility index (Phi) is 4.94. The Balaban J connectivity index is 2.57. The zero-order valence-corrected chi connectivity index (χ0v) is 13.9.